The highest BCUT2D eigenvalue weighted by molar-refractivity contribution is 7.13. The molecule has 0 spiro atoms. The van der Waals surface area contributed by atoms with Crippen LogP contribution >= 0.6 is 11.3 Å². The Morgan fingerprint density at radius 1 is 1.11 bits per heavy atom. The van der Waals surface area contributed by atoms with E-state index < -0.39 is 0 Å². The van der Waals surface area contributed by atoms with Crippen molar-refractivity contribution in [3.8, 4) is 0 Å². The Hall–Kier alpha value is -1.61. The Bertz CT molecular complexity index is 545. The van der Waals surface area contributed by atoms with Crippen LogP contribution in [0.3, 0.4) is 0 Å². The smallest absolute Gasteiger partial charge is 0.261 e. The van der Waals surface area contributed by atoms with Crippen molar-refractivity contribution in [3.63, 3.8) is 0 Å². The summed E-state index contributed by atoms with van der Waals surface area (Å²) in [6.07, 6.45) is 0. The molecule has 100 valence electrons. The van der Waals surface area contributed by atoms with E-state index in [1.807, 2.05) is 37.3 Å². The van der Waals surface area contributed by atoms with Crippen LogP contribution in [0.5, 0.6) is 0 Å². The molecule has 0 fully saturated rings. The normalized spacial score (nSPS) is 12.4. The minimum Gasteiger partial charge on any atom is -0.344 e. The van der Waals surface area contributed by atoms with E-state index in [1.165, 1.54) is 11.3 Å². The molecule has 2 aromatic rings. The van der Waals surface area contributed by atoms with Gasteiger partial charge in [-0.1, -0.05) is 44.2 Å². The summed E-state index contributed by atoms with van der Waals surface area (Å²) in [5, 5.41) is 3.13. The second kappa shape index (κ2) is 6.02. The van der Waals surface area contributed by atoms with Gasteiger partial charge in [-0.15, -0.1) is 11.3 Å². The van der Waals surface area contributed by atoms with E-state index in [-0.39, 0.29) is 11.9 Å². The zero-order chi connectivity index (χ0) is 13.8. The van der Waals surface area contributed by atoms with Crippen LogP contribution in [0.4, 0.5) is 0 Å². The van der Waals surface area contributed by atoms with Gasteiger partial charge in [-0.3, -0.25) is 4.79 Å². The van der Waals surface area contributed by atoms with E-state index >= 15 is 0 Å². The number of carbonyl (C=O) groups is 1. The largest absolute Gasteiger partial charge is 0.344 e. The van der Waals surface area contributed by atoms with Gasteiger partial charge in [0.05, 0.1) is 10.9 Å². The van der Waals surface area contributed by atoms with Crippen LogP contribution in [-0.2, 0) is 0 Å². The molecule has 0 aliphatic rings. The van der Waals surface area contributed by atoms with Crippen molar-refractivity contribution in [2.75, 3.05) is 0 Å². The molecule has 19 heavy (non-hydrogen) atoms. The van der Waals surface area contributed by atoms with Crippen LogP contribution in [0.25, 0.3) is 0 Å². The maximum absolute atomic E-state index is 12.2. The van der Waals surface area contributed by atoms with Gasteiger partial charge in [0.1, 0.15) is 0 Å². The molecule has 0 radical (unpaired) electrons. The van der Waals surface area contributed by atoms with Gasteiger partial charge in [0, 0.05) is 4.88 Å². The molecule has 1 aromatic carbocycles. The third-order valence-corrected chi connectivity index (χ3v) is 4.08. The first-order valence-electron chi connectivity index (χ1n) is 6.50. The highest BCUT2D eigenvalue weighted by atomic mass is 32.1. The molecule has 1 atom stereocenters. The van der Waals surface area contributed by atoms with Crippen molar-refractivity contribution in [2.24, 2.45) is 5.92 Å². The molecule has 2 nitrogen and oxygen atoms in total. The first kappa shape index (κ1) is 13.8. The van der Waals surface area contributed by atoms with Crippen LogP contribution in [0.15, 0.2) is 42.5 Å². The number of hydrogen-bond donors (Lipinski definition) is 1. The van der Waals surface area contributed by atoms with E-state index in [0.29, 0.717) is 5.92 Å². The maximum atomic E-state index is 12.2. The van der Waals surface area contributed by atoms with E-state index in [0.717, 1.165) is 15.3 Å². The number of rotatable bonds is 4. The highest BCUT2D eigenvalue weighted by Crippen LogP contribution is 2.23. The summed E-state index contributed by atoms with van der Waals surface area (Å²) >= 11 is 1.53. The number of thiophene rings is 1. The van der Waals surface area contributed by atoms with Crippen molar-refractivity contribution in [3.05, 3.63) is 57.8 Å². The number of aryl methyl sites for hydroxylation is 1. The van der Waals surface area contributed by atoms with Gasteiger partial charge in [0.15, 0.2) is 0 Å². The van der Waals surface area contributed by atoms with Gasteiger partial charge in [-0.2, -0.15) is 0 Å². The Balaban J connectivity index is 2.16. The molecule has 0 bridgehead atoms. The van der Waals surface area contributed by atoms with Crippen molar-refractivity contribution >= 4 is 17.2 Å². The molecular weight excluding hydrogens is 254 g/mol. The number of benzene rings is 1. The van der Waals surface area contributed by atoms with E-state index in [4.69, 9.17) is 0 Å². The summed E-state index contributed by atoms with van der Waals surface area (Å²) in [7, 11) is 0. The van der Waals surface area contributed by atoms with Gasteiger partial charge >= 0.3 is 0 Å². The topological polar surface area (TPSA) is 29.1 Å². The minimum absolute atomic E-state index is 0.0145. The minimum atomic E-state index is 0.0145. The SMILES string of the molecule is Cc1ccc(C(=O)NC(c2ccccc2)C(C)C)s1. The van der Waals surface area contributed by atoms with Crippen LogP contribution in [0.1, 0.15) is 40.0 Å². The average molecular weight is 273 g/mol. The zero-order valence-corrected chi connectivity index (χ0v) is 12.3. The van der Waals surface area contributed by atoms with Gasteiger partial charge in [-0.05, 0) is 30.5 Å². The summed E-state index contributed by atoms with van der Waals surface area (Å²) in [5.41, 5.74) is 1.15. The van der Waals surface area contributed by atoms with Gasteiger partial charge in [0.2, 0.25) is 0 Å². The molecule has 0 saturated heterocycles. The van der Waals surface area contributed by atoms with Crippen molar-refractivity contribution in [1.82, 2.24) is 5.32 Å². The summed E-state index contributed by atoms with van der Waals surface area (Å²) < 4.78 is 0. The fraction of sp³-hybridized carbons (Fsp3) is 0.312. The Morgan fingerprint density at radius 2 is 1.79 bits per heavy atom. The second-order valence-electron chi connectivity index (χ2n) is 5.02. The molecule has 1 aromatic heterocycles. The number of nitrogens with one attached hydrogen (secondary N) is 1. The summed E-state index contributed by atoms with van der Waals surface area (Å²) in [4.78, 5) is 14.2. The van der Waals surface area contributed by atoms with Crippen molar-refractivity contribution < 1.29 is 4.79 Å². The fourth-order valence-corrected chi connectivity index (χ4v) is 2.83. The lowest BCUT2D eigenvalue weighted by Crippen LogP contribution is -2.31. The standard InChI is InChI=1S/C16H19NOS/c1-11(2)15(13-7-5-4-6-8-13)17-16(18)14-10-9-12(3)19-14/h4-11,15H,1-3H3,(H,17,18). The van der Waals surface area contributed by atoms with Crippen LogP contribution in [0, 0.1) is 12.8 Å². The molecule has 0 aliphatic carbocycles. The fourth-order valence-electron chi connectivity index (χ4n) is 2.06. The molecule has 1 amide bonds. The molecular formula is C16H19NOS. The van der Waals surface area contributed by atoms with Gasteiger partial charge in [-0.25, -0.2) is 0 Å². The van der Waals surface area contributed by atoms with Crippen LogP contribution in [-0.4, -0.2) is 5.91 Å². The first-order chi connectivity index (χ1) is 9.08. The number of hydrogen-bond acceptors (Lipinski definition) is 2. The third-order valence-electron chi connectivity index (χ3n) is 3.08. The quantitative estimate of drug-likeness (QED) is 0.889. The number of amides is 1. The lowest BCUT2D eigenvalue weighted by molar-refractivity contribution is 0.0930. The monoisotopic (exact) mass is 273 g/mol. The van der Waals surface area contributed by atoms with E-state index in [2.05, 4.69) is 31.3 Å². The first-order valence-corrected chi connectivity index (χ1v) is 7.32. The maximum Gasteiger partial charge on any atom is 0.261 e. The highest BCUT2D eigenvalue weighted by Gasteiger charge is 2.19. The molecule has 1 N–H and O–H groups in total. The summed E-state index contributed by atoms with van der Waals surface area (Å²) in [6.45, 7) is 6.26. The molecule has 3 heteroatoms. The average Bonchev–Trinajstić information content (AvgIpc) is 2.83. The molecule has 0 aliphatic heterocycles. The van der Waals surface area contributed by atoms with Crippen molar-refractivity contribution in [1.29, 1.82) is 0 Å². The summed E-state index contributed by atoms with van der Waals surface area (Å²) in [5.74, 6) is 0.369. The van der Waals surface area contributed by atoms with Gasteiger partial charge < -0.3 is 5.32 Å². The number of carbonyl (C=O) groups excluding carboxylic acids is 1. The molecule has 2 rings (SSSR count). The predicted octanol–water partition coefficient (Wildman–Crippen LogP) is 4.18. The molecule has 1 heterocycles. The lowest BCUT2D eigenvalue weighted by atomic mass is 9.96. The second-order valence-corrected chi connectivity index (χ2v) is 6.30. The molecule has 0 saturated carbocycles. The third kappa shape index (κ3) is 3.44. The van der Waals surface area contributed by atoms with E-state index in [9.17, 15) is 4.79 Å². The van der Waals surface area contributed by atoms with Gasteiger partial charge in [0.25, 0.3) is 5.91 Å². The van der Waals surface area contributed by atoms with Crippen LogP contribution < -0.4 is 5.32 Å². The van der Waals surface area contributed by atoms with Crippen LogP contribution in [0.2, 0.25) is 0 Å². The Kier molecular flexibility index (Phi) is 4.38. The predicted molar refractivity (Wildman–Crippen MR) is 80.5 cm³/mol. The van der Waals surface area contributed by atoms with E-state index in [1.54, 1.807) is 0 Å². The Morgan fingerprint density at radius 3 is 2.32 bits per heavy atom. The summed E-state index contributed by atoms with van der Waals surface area (Å²) in [6, 6.07) is 14.0. The molecule has 1 unspecified atom stereocenters. The lowest BCUT2D eigenvalue weighted by Gasteiger charge is -2.22. The zero-order valence-electron chi connectivity index (χ0n) is 11.5. The van der Waals surface area contributed by atoms with Crippen molar-refractivity contribution in [2.45, 2.75) is 26.8 Å². The Labute approximate surface area is 118 Å².